The fourth-order valence-corrected chi connectivity index (χ4v) is 1.76. The third-order valence-electron chi connectivity index (χ3n) is 1.87. The van der Waals surface area contributed by atoms with Crippen LogP contribution in [0.25, 0.3) is 0 Å². The number of aryl methyl sites for hydroxylation is 1. The molecule has 4 nitrogen and oxygen atoms in total. The van der Waals surface area contributed by atoms with Gasteiger partial charge in [-0.1, -0.05) is 0 Å². The molecule has 0 spiro atoms. The van der Waals surface area contributed by atoms with Crippen LogP contribution in [0.15, 0.2) is 5.38 Å². The van der Waals surface area contributed by atoms with Gasteiger partial charge in [-0.3, -0.25) is 10.1 Å². The van der Waals surface area contributed by atoms with Gasteiger partial charge in [0.1, 0.15) is 5.01 Å². The quantitative estimate of drug-likeness (QED) is 0.773. The minimum absolute atomic E-state index is 0.00159. The summed E-state index contributed by atoms with van der Waals surface area (Å²) in [5.74, 6) is -0.00159. The van der Waals surface area contributed by atoms with Crippen molar-refractivity contribution < 1.29 is 4.79 Å². The highest BCUT2D eigenvalue weighted by atomic mass is 32.1. The summed E-state index contributed by atoms with van der Waals surface area (Å²) in [6, 6.07) is -0.177. The van der Waals surface area contributed by atoms with Crippen LogP contribution in [0, 0.1) is 6.92 Å². The standard InChI is InChI=1S/C9H15N3OS/c1-6-5-14-8(12-6)4-11-7(2)9(13)10-3/h5,7,11H,4H2,1-3H3,(H,10,13). The van der Waals surface area contributed by atoms with Crippen LogP contribution in [0.1, 0.15) is 17.6 Å². The van der Waals surface area contributed by atoms with Crippen molar-refractivity contribution in [2.75, 3.05) is 7.05 Å². The predicted octanol–water partition coefficient (Wildman–Crippen LogP) is 0.676. The van der Waals surface area contributed by atoms with E-state index in [-0.39, 0.29) is 11.9 Å². The third kappa shape index (κ3) is 3.08. The number of amides is 1. The summed E-state index contributed by atoms with van der Waals surface area (Å²) < 4.78 is 0. The van der Waals surface area contributed by atoms with E-state index in [1.165, 1.54) is 0 Å². The monoisotopic (exact) mass is 213 g/mol. The number of carbonyl (C=O) groups excluding carboxylic acids is 1. The molecule has 1 atom stereocenters. The highest BCUT2D eigenvalue weighted by molar-refractivity contribution is 7.09. The Morgan fingerprint density at radius 1 is 1.71 bits per heavy atom. The van der Waals surface area contributed by atoms with Gasteiger partial charge in [0.05, 0.1) is 6.04 Å². The van der Waals surface area contributed by atoms with Crippen molar-refractivity contribution in [3.8, 4) is 0 Å². The topological polar surface area (TPSA) is 54.0 Å². The Balaban J connectivity index is 2.37. The van der Waals surface area contributed by atoms with E-state index in [0.717, 1.165) is 10.7 Å². The average molecular weight is 213 g/mol. The summed E-state index contributed by atoms with van der Waals surface area (Å²) in [6.45, 7) is 4.44. The molecule has 0 fully saturated rings. The van der Waals surface area contributed by atoms with Crippen LogP contribution in [0.3, 0.4) is 0 Å². The molecular formula is C9H15N3OS. The molecule has 0 aliphatic rings. The number of aromatic nitrogens is 1. The van der Waals surface area contributed by atoms with Crippen LogP contribution in [0.4, 0.5) is 0 Å². The van der Waals surface area contributed by atoms with Gasteiger partial charge in [0, 0.05) is 24.7 Å². The first-order valence-electron chi connectivity index (χ1n) is 4.49. The number of hydrogen-bond acceptors (Lipinski definition) is 4. The number of likely N-dealkylation sites (N-methyl/N-ethyl adjacent to an activating group) is 1. The number of thiazole rings is 1. The molecule has 0 bridgehead atoms. The number of rotatable bonds is 4. The van der Waals surface area contributed by atoms with E-state index in [2.05, 4.69) is 15.6 Å². The van der Waals surface area contributed by atoms with Gasteiger partial charge in [0.25, 0.3) is 0 Å². The zero-order chi connectivity index (χ0) is 10.6. The van der Waals surface area contributed by atoms with Gasteiger partial charge in [-0.05, 0) is 13.8 Å². The maximum absolute atomic E-state index is 11.1. The molecule has 0 aromatic carbocycles. The lowest BCUT2D eigenvalue weighted by Crippen LogP contribution is -2.40. The molecule has 0 radical (unpaired) electrons. The number of hydrogen-bond donors (Lipinski definition) is 2. The van der Waals surface area contributed by atoms with Crippen LogP contribution in [-0.2, 0) is 11.3 Å². The zero-order valence-corrected chi connectivity index (χ0v) is 9.44. The summed E-state index contributed by atoms with van der Waals surface area (Å²) in [7, 11) is 1.63. The van der Waals surface area contributed by atoms with E-state index >= 15 is 0 Å². The summed E-state index contributed by atoms with van der Waals surface area (Å²) >= 11 is 1.61. The first-order valence-corrected chi connectivity index (χ1v) is 5.37. The maximum Gasteiger partial charge on any atom is 0.236 e. The van der Waals surface area contributed by atoms with Gasteiger partial charge in [-0.2, -0.15) is 0 Å². The molecule has 0 aliphatic heterocycles. The molecular weight excluding hydrogens is 198 g/mol. The van der Waals surface area contributed by atoms with E-state index in [9.17, 15) is 4.79 Å². The third-order valence-corrected chi connectivity index (χ3v) is 2.83. The molecule has 0 saturated heterocycles. The Hall–Kier alpha value is -0.940. The van der Waals surface area contributed by atoms with Crippen LogP contribution in [0.2, 0.25) is 0 Å². The molecule has 2 N–H and O–H groups in total. The highest BCUT2D eigenvalue weighted by Crippen LogP contribution is 2.07. The smallest absolute Gasteiger partial charge is 0.236 e. The zero-order valence-electron chi connectivity index (χ0n) is 8.63. The molecule has 1 unspecified atom stereocenters. The Kier molecular flexibility index (Phi) is 4.03. The van der Waals surface area contributed by atoms with Gasteiger partial charge in [0.2, 0.25) is 5.91 Å². The highest BCUT2D eigenvalue weighted by Gasteiger charge is 2.10. The Labute approximate surface area is 87.7 Å². The van der Waals surface area contributed by atoms with Crippen molar-refractivity contribution >= 4 is 17.2 Å². The molecule has 0 aliphatic carbocycles. The molecule has 1 aromatic heterocycles. The van der Waals surface area contributed by atoms with Crippen LogP contribution >= 0.6 is 11.3 Å². The van der Waals surface area contributed by atoms with Crippen molar-refractivity contribution in [1.82, 2.24) is 15.6 Å². The maximum atomic E-state index is 11.1. The minimum atomic E-state index is -0.177. The Bertz CT molecular complexity index is 311. The van der Waals surface area contributed by atoms with Crippen molar-refractivity contribution in [2.24, 2.45) is 0 Å². The lowest BCUT2D eigenvalue weighted by molar-refractivity contribution is -0.122. The molecule has 1 rings (SSSR count). The van der Waals surface area contributed by atoms with E-state index < -0.39 is 0 Å². The lowest BCUT2D eigenvalue weighted by atomic mass is 10.3. The molecule has 78 valence electrons. The molecule has 14 heavy (non-hydrogen) atoms. The minimum Gasteiger partial charge on any atom is -0.358 e. The van der Waals surface area contributed by atoms with Crippen LogP contribution in [-0.4, -0.2) is 24.0 Å². The second-order valence-electron chi connectivity index (χ2n) is 3.10. The number of nitrogens with zero attached hydrogens (tertiary/aromatic N) is 1. The van der Waals surface area contributed by atoms with E-state index in [4.69, 9.17) is 0 Å². The van der Waals surface area contributed by atoms with Crippen molar-refractivity contribution in [3.05, 3.63) is 16.1 Å². The van der Waals surface area contributed by atoms with Gasteiger partial charge >= 0.3 is 0 Å². The summed E-state index contributed by atoms with van der Waals surface area (Å²) in [4.78, 5) is 15.4. The average Bonchev–Trinajstić information content (AvgIpc) is 2.59. The molecule has 1 aromatic rings. The SMILES string of the molecule is CNC(=O)C(C)NCc1nc(C)cs1. The number of nitrogens with one attached hydrogen (secondary N) is 2. The molecule has 5 heteroatoms. The van der Waals surface area contributed by atoms with Crippen molar-refractivity contribution in [3.63, 3.8) is 0 Å². The molecule has 1 amide bonds. The second-order valence-corrected chi connectivity index (χ2v) is 4.04. The first-order chi connectivity index (χ1) is 6.63. The Morgan fingerprint density at radius 2 is 2.43 bits per heavy atom. The normalized spacial score (nSPS) is 12.5. The van der Waals surface area contributed by atoms with Crippen LogP contribution < -0.4 is 10.6 Å². The van der Waals surface area contributed by atoms with E-state index in [0.29, 0.717) is 6.54 Å². The van der Waals surface area contributed by atoms with Gasteiger partial charge < -0.3 is 5.32 Å². The Morgan fingerprint density at radius 3 is 2.93 bits per heavy atom. The second kappa shape index (κ2) is 5.07. The van der Waals surface area contributed by atoms with Gasteiger partial charge in [-0.15, -0.1) is 11.3 Å². The fourth-order valence-electron chi connectivity index (χ4n) is 1.03. The van der Waals surface area contributed by atoms with Crippen LogP contribution in [0.5, 0.6) is 0 Å². The summed E-state index contributed by atoms with van der Waals surface area (Å²) in [6.07, 6.45) is 0. The van der Waals surface area contributed by atoms with Crippen molar-refractivity contribution in [1.29, 1.82) is 0 Å². The first kappa shape index (κ1) is 11.1. The van der Waals surface area contributed by atoms with E-state index in [1.807, 2.05) is 19.2 Å². The van der Waals surface area contributed by atoms with Gasteiger partial charge in [-0.25, -0.2) is 4.98 Å². The van der Waals surface area contributed by atoms with Gasteiger partial charge in [0.15, 0.2) is 0 Å². The fraction of sp³-hybridized carbons (Fsp3) is 0.556. The largest absolute Gasteiger partial charge is 0.358 e. The summed E-state index contributed by atoms with van der Waals surface area (Å²) in [5, 5.41) is 8.70. The van der Waals surface area contributed by atoms with E-state index in [1.54, 1.807) is 18.4 Å². The predicted molar refractivity (Wildman–Crippen MR) is 57.2 cm³/mol. The number of carbonyl (C=O) groups is 1. The summed E-state index contributed by atoms with van der Waals surface area (Å²) in [5.41, 5.74) is 1.03. The molecule has 1 heterocycles. The lowest BCUT2D eigenvalue weighted by Gasteiger charge is -2.10. The molecule has 0 saturated carbocycles. The van der Waals surface area contributed by atoms with Crippen molar-refractivity contribution in [2.45, 2.75) is 26.4 Å².